The second-order valence-electron chi connectivity index (χ2n) is 5.63. The van der Waals surface area contributed by atoms with Gasteiger partial charge < -0.3 is 9.88 Å². The quantitative estimate of drug-likeness (QED) is 0.806. The highest BCUT2D eigenvalue weighted by Gasteiger charge is 2.13. The van der Waals surface area contributed by atoms with Crippen molar-refractivity contribution >= 4 is 0 Å². The van der Waals surface area contributed by atoms with Gasteiger partial charge in [0, 0.05) is 31.4 Å². The van der Waals surface area contributed by atoms with Gasteiger partial charge in [0.05, 0.1) is 0 Å². The van der Waals surface area contributed by atoms with E-state index in [9.17, 15) is 0 Å². The normalized spacial score (nSPS) is 12.5. The van der Waals surface area contributed by atoms with E-state index in [2.05, 4.69) is 66.1 Å². The summed E-state index contributed by atoms with van der Waals surface area (Å²) in [4.78, 5) is 4.54. The summed E-state index contributed by atoms with van der Waals surface area (Å²) in [5.41, 5.74) is 2.80. The molecule has 0 aliphatic heterocycles. The molecule has 0 bridgehead atoms. The van der Waals surface area contributed by atoms with Crippen molar-refractivity contribution in [2.75, 3.05) is 6.54 Å². The summed E-state index contributed by atoms with van der Waals surface area (Å²) in [5.74, 6) is 1.19. The first-order valence-corrected chi connectivity index (χ1v) is 8.02. The van der Waals surface area contributed by atoms with Crippen LogP contribution in [0.4, 0.5) is 0 Å². The fourth-order valence-corrected chi connectivity index (χ4v) is 2.80. The van der Waals surface area contributed by atoms with Crippen LogP contribution in [0.2, 0.25) is 0 Å². The largest absolute Gasteiger partial charge is 0.335 e. The molecule has 1 aromatic carbocycles. The van der Waals surface area contributed by atoms with E-state index in [4.69, 9.17) is 0 Å². The van der Waals surface area contributed by atoms with E-state index in [1.165, 1.54) is 17.0 Å². The second kappa shape index (κ2) is 7.99. The van der Waals surface area contributed by atoms with Crippen LogP contribution in [-0.4, -0.2) is 22.1 Å². The van der Waals surface area contributed by atoms with Crippen molar-refractivity contribution in [3.05, 3.63) is 53.6 Å². The Labute approximate surface area is 128 Å². The third-order valence-electron chi connectivity index (χ3n) is 3.92. The summed E-state index contributed by atoms with van der Waals surface area (Å²) in [6.45, 7) is 8.61. The zero-order valence-corrected chi connectivity index (χ0v) is 13.5. The van der Waals surface area contributed by atoms with Gasteiger partial charge in [-0.15, -0.1) is 0 Å². The summed E-state index contributed by atoms with van der Waals surface area (Å²) in [6.07, 6.45) is 7.19. The second-order valence-corrected chi connectivity index (χ2v) is 5.63. The van der Waals surface area contributed by atoms with Gasteiger partial charge in [-0.2, -0.15) is 0 Å². The smallest absolute Gasteiger partial charge is 0.110 e. The third kappa shape index (κ3) is 4.43. The first-order valence-electron chi connectivity index (χ1n) is 8.02. The van der Waals surface area contributed by atoms with Crippen LogP contribution in [0.25, 0.3) is 0 Å². The molecule has 1 N–H and O–H groups in total. The first kappa shape index (κ1) is 15.8. The molecule has 2 rings (SSSR count). The summed E-state index contributed by atoms with van der Waals surface area (Å²) in [6, 6.07) is 9.10. The summed E-state index contributed by atoms with van der Waals surface area (Å²) < 4.78 is 2.28. The van der Waals surface area contributed by atoms with Crippen LogP contribution in [-0.2, 0) is 19.4 Å². The van der Waals surface area contributed by atoms with E-state index in [-0.39, 0.29) is 0 Å². The zero-order valence-electron chi connectivity index (χ0n) is 13.5. The Morgan fingerprint density at radius 2 is 2.00 bits per heavy atom. The molecule has 0 saturated carbocycles. The Kier molecular flexibility index (Phi) is 6.00. The van der Waals surface area contributed by atoms with Crippen molar-refractivity contribution in [1.82, 2.24) is 14.9 Å². The molecular formula is C18H27N3. The predicted octanol–water partition coefficient (Wildman–Crippen LogP) is 3.36. The molecule has 3 nitrogen and oxygen atoms in total. The van der Waals surface area contributed by atoms with Crippen molar-refractivity contribution in [3.63, 3.8) is 0 Å². The lowest BCUT2D eigenvalue weighted by molar-refractivity contribution is 0.494. The van der Waals surface area contributed by atoms with Crippen molar-refractivity contribution in [2.45, 2.75) is 52.6 Å². The van der Waals surface area contributed by atoms with E-state index >= 15 is 0 Å². The Morgan fingerprint density at radius 1 is 1.19 bits per heavy atom. The molecule has 0 aliphatic carbocycles. The van der Waals surface area contributed by atoms with E-state index in [0.29, 0.717) is 6.04 Å². The number of hydrogen-bond acceptors (Lipinski definition) is 2. The topological polar surface area (TPSA) is 29.9 Å². The summed E-state index contributed by atoms with van der Waals surface area (Å²) in [7, 11) is 0. The standard InChI is InChI=1S/C18H27N3/c1-4-11-21-12-10-20-18(21)14-17(19-5-2)13-16-9-7-6-8-15(16)3/h6-10,12,17,19H,4-5,11,13-14H2,1-3H3. The van der Waals surface area contributed by atoms with Gasteiger partial charge in [0.2, 0.25) is 0 Å². The summed E-state index contributed by atoms with van der Waals surface area (Å²) in [5, 5.41) is 3.61. The molecule has 1 heterocycles. The van der Waals surface area contributed by atoms with Crippen molar-refractivity contribution in [2.24, 2.45) is 0 Å². The van der Waals surface area contributed by atoms with Crippen LogP contribution in [0.15, 0.2) is 36.7 Å². The minimum atomic E-state index is 0.439. The monoisotopic (exact) mass is 285 g/mol. The van der Waals surface area contributed by atoms with E-state index in [1.54, 1.807) is 0 Å². The molecule has 0 radical (unpaired) electrons. The van der Waals surface area contributed by atoms with Gasteiger partial charge in [0.25, 0.3) is 0 Å². The Balaban J connectivity index is 2.08. The van der Waals surface area contributed by atoms with Gasteiger partial charge >= 0.3 is 0 Å². The minimum absolute atomic E-state index is 0.439. The molecule has 0 fully saturated rings. The highest BCUT2D eigenvalue weighted by Crippen LogP contribution is 2.13. The van der Waals surface area contributed by atoms with Gasteiger partial charge in [0.15, 0.2) is 0 Å². The molecule has 114 valence electrons. The first-order chi connectivity index (χ1) is 10.2. The molecule has 0 aliphatic rings. The molecule has 1 aromatic heterocycles. The third-order valence-corrected chi connectivity index (χ3v) is 3.92. The van der Waals surface area contributed by atoms with E-state index in [1.807, 2.05) is 6.20 Å². The predicted molar refractivity (Wildman–Crippen MR) is 88.6 cm³/mol. The number of nitrogens with zero attached hydrogens (tertiary/aromatic N) is 2. The van der Waals surface area contributed by atoms with Crippen LogP contribution in [0.1, 0.15) is 37.2 Å². The number of benzene rings is 1. The van der Waals surface area contributed by atoms with Crippen molar-refractivity contribution < 1.29 is 0 Å². The molecule has 1 unspecified atom stereocenters. The maximum absolute atomic E-state index is 4.54. The lowest BCUT2D eigenvalue weighted by Crippen LogP contribution is -2.34. The minimum Gasteiger partial charge on any atom is -0.335 e. The Bertz CT molecular complexity index is 545. The highest BCUT2D eigenvalue weighted by atomic mass is 15.1. The molecule has 0 amide bonds. The molecule has 3 heteroatoms. The average molecular weight is 285 g/mol. The maximum atomic E-state index is 4.54. The SMILES string of the molecule is CCCn1ccnc1CC(Cc1ccccc1C)NCC. The fraction of sp³-hybridized carbons (Fsp3) is 0.500. The van der Waals surface area contributed by atoms with Crippen LogP contribution < -0.4 is 5.32 Å². The van der Waals surface area contributed by atoms with Gasteiger partial charge in [0.1, 0.15) is 5.82 Å². The van der Waals surface area contributed by atoms with Crippen molar-refractivity contribution in [3.8, 4) is 0 Å². The number of aromatic nitrogens is 2. The zero-order chi connectivity index (χ0) is 15.1. The molecular weight excluding hydrogens is 258 g/mol. The van der Waals surface area contributed by atoms with Gasteiger partial charge in [-0.05, 0) is 37.4 Å². The van der Waals surface area contributed by atoms with E-state index in [0.717, 1.165) is 32.4 Å². The Morgan fingerprint density at radius 3 is 2.71 bits per heavy atom. The van der Waals surface area contributed by atoms with Crippen molar-refractivity contribution in [1.29, 1.82) is 0 Å². The number of likely N-dealkylation sites (N-methyl/N-ethyl adjacent to an activating group) is 1. The van der Waals surface area contributed by atoms with Crippen LogP contribution >= 0.6 is 0 Å². The Hall–Kier alpha value is -1.61. The average Bonchev–Trinajstić information content (AvgIpc) is 2.89. The number of rotatable bonds is 8. The summed E-state index contributed by atoms with van der Waals surface area (Å²) >= 11 is 0. The van der Waals surface area contributed by atoms with E-state index < -0.39 is 0 Å². The van der Waals surface area contributed by atoms with Crippen LogP contribution in [0.5, 0.6) is 0 Å². The number of hydrogen-bond donors (Lipinski definition) is 1. The molecule has 1 atom stereocenters. The molecule has 0 saturated heterocycles. The molecule has 0 spiro atoms. The van der Waals surface area contributed by atoms with Gasteiger partial charge in [-0.3, -0.25) is 0 Å². The molecule has 21 heavy (non-hydrogen) atoms. The van der Waals surface area contributed by atoms with Crippen LogP contribution in [0, 0.1) is 6.92 Å². The highest BCUT2D eigenvalue weighted by molar-refractivity contribution is 5.26. The molecule has 2 aromatic rings. The lowest BCUT2D eigenvalue weighted by atomic mass is 9.99. The number of imidazole rings is 1. The lowest BCUT2D eigenvalue weighted by Gasteiger charge is -2.19. The van der Waals surface area contributed by atoms with Gasteiger partial charge in [-0.1, -0.05) is 38.1 Å². The van der Waals surface area contributed by atoms with Gasteiger partial charge in [-0.25, -0.2) is 4.98 Å². The maximum Gasteiger partial charge on any atom is 0.110 e. The number of nitrogens with one attached hydrogen (secondary N) is 1. The fourth-order valence-electron chi connectivity index (χ4n) is 2.80. The van der Waals surface area contributed by atoms with Crippen LogP contribution in [0.3, 0.4) is 0 Å². The number of aryl methyl sites for hydroxylation is 2.